The quantitative estimate of drug-likeness (QED) is 0.767. The minimum atomic E-state index is -0.121. The topological polar surface area (TPSA) is 44.7 Å². The molecule has 24 heavy (non-hydrogen) atoms. The fourth-order valence-corrected chi connectivity index (χ4v) is 3.65. The predicted molar refractivity (Wildman–Crippen MR) is 99.0 cm³/mol. The van der Waals surface area contributed by atoms with Crippen LogP contribution in [0, 0.1) is 10.8 Å². The molecule has 1 aromatic carbocycles. The van der Waals surface area contributed by atoms with Crippen molar-refractivity contribution in [2.75, 3.05) is 39.9 Å². The number of hydrogen-bond acceptors (Lipinski definition) is 4. The maximum atomic E-state index is 9.28. The first-order valence-electron chi connectivity index (χ1n) is 9.01. The van der Waals surface area contributed by atoms with Crippen LogP contribution in [0.2, 0.25) is 0 Å². The molecule has 0 bridgehead atoms. The van der Waals surface area contributed by atoms with Gasteiger partial charge in [-0.2, -0.15) is 0 Å². The second-order valence-corrected chi connectivity index (χ2v) is 8.15. The number of aliphatic hydroxyl groups is 1. The van der Waals surface area contributed by atoms with Gasteiger partial charge in [-0.1, -0.05) is 51.1 Å². The van der Waals surface area contributed by atoms with Gasteiger partial charge in [-0.3, -0.25) is 4.90 Å². The van der Waals surface area contributed by atoms with Gasteiger partial charge in [-0.15, -0.1) is 0 Å². The van der Waals surface area contributed by atoms with E-state index in [1.807, 2.05) is 0 Å². The van der Waals surface area contributed by atoms with E-state index in [1.54, 1.807) is 7.11 Å². The average molecular weight is 335 g/mol. The summed E-state index contributed by atoms with van der Waals surface area (Å²) in [5.74, 6) is 0. The first-order chi connectivity index (χ1) is 11.4. The molecule has 4 nitrogen and oxygen atoms in total. The Morgan fingerprint density at radius 1 is 1.29 bits per heavy atom. The molecule has 1 aliphatic rings. The van der Waals surface area contributed by atoms with Crippen LogP contribution < -0.4 is 5.32 Å². The van der Waals surface area contributed by atoms with Gasteiger partial charge in [0.1, 0.15) is 0 Å². The predicted octanol–water partition coefficient (Wildman–Crippen LogP) is 2.52. The van der Waals surface area contributed by atoms with Crippen LogP contribution in [0.4, 0.5) is 0 Å². The Morgan fingerprint density at radius 3 is 2.58 bits per heavy atom. The molecule has 1 aliphatic heterocycles. The van der Waals surface area contributed by atoms with Gasteiger partial charge >= 0.3 is 0 Å². The molecule has 0 saturated carbocycles. The number of ether oxygens (including phenoxy) is 1. The van der Waals surface area contributed by atoms with Crippen molar-refractivity contribution >= 4 is 0 Å². The lowest BCUT2D eigenvalue weighted by Crippen LogP contribution is -2.48. The Hall–Kier alpha value is -0.940. The number of aliphatic hydroxyl groups excluding tert-OH is 1. The summed E-state index contributed by atoms with van der Waals surface area (Å²) in [7, 11) is 1.65. The second kappa shape index (κ2) is 8.43. The zero-order valence-electron chi connectivity index (χ0n) is 15.7. The van der Waals surface area contributed by atoms with Crippen molar-refractivity contribution in [3.8, 4) is 0 Å². The molecule has 0 radical (unpaired) electrons. The zero-order valence-corrected chi connectivity index (χ0v) is 15.7. The summed E-state index contributed by atoms with van der Waals surface area (Å²) in [6.07, 6.45) is 1.08. The van der Waals surface area contributed by atoms with Crippen molar-refractivity contribution < 1.29 is 9.84 Å². The Labute approximate surface area is 147 Å². The Bertz CT molecular complexity index is 482. The van der Waals surface area contributed by atoms with E-state index in [2.05, 4.69) is 61.3 Å². The molecule has 1 saturated heterocycles. The third-order valence-electron chi connectivity index (χ3n) is 5.65. The highest BCUT2D eigenvalue weighted by atomic mass is 16.5. The maximum absolute atomic E-state index is 9.28. The van der Waals surface area contributed by atoms with Crippen molar-refractivity contribution in [2.24, 2.45) is 10.8 Å². The standard InChI is InChI=1S/C20H34N2O2/c1-19(2,3)20(15-21-12-18(14-23)24-4)10-11-22(16-20)13-17-8-6-5-7-9-17/h5-9,18,21,23H,10-16H2,1-4H3. The lowest BCUT2D eigenvalue weighted by Gasteiger charge is -2.42. The number of hydrogen-bond donors (Lipinski definition) is 2. The summed E-state index contributed by atoms with van der Waals surface area (Å²) < 4.78 is 5.26. The Kier molecular flexibility index (Phi) is 6.81. The molecule has 136 valence electrons. The Morgan fingerprint density at radius 2 is 2.00 bits per heavy atom. The normalized spacial score (nSPS) is 23.5. The molecule has 1 aromatic rings. The first kappa shape index (κ1) is 19.4. The van der Waals surface area contributed by atoms with Crippen LogP contribution in [0.1, 0.15) is 32.8 Å². The fourth-order valence-electron chi connectivity index (χ4n) is 3.65. The molecule has 1 heterocycles. The molecule has 2 atom stereocenters. The number of nitrogens with one attached hydrogen (secondary N) is 1. The highest BCUT2D eigenvalue weighted by Crippen LogP contribution is 2.45. The fraction of sp³-hybridized carbons (Fsp3) is 0.700. The molecular weight excluding hydrogens is 300 g/mol. The van der Waals surface area contributed by atoms with Gasteiger partial charge in [0.05, 0.1) is 12.7 Å². The highest BCUT2D eigenvalue weighted by molar-refractivity contribution is 5.15. The van der Waals surface area contributed by atoms with Crippen LogP contribution in [0.5, 0.6) is 0 Å². The molecule has 2 rings (SSSR count). The molecule has 0 spiro atoms. The number of methoxy groups -OCH3 is 1. The number of rotatable bonds is 8. The third kappa shape index (κ3) is 4.79. The van der Waals surface area contributed by atoms with Gasteiger partial charge in [0.25, 0.3) is 0 Å². The van der Waals surface area contributed by atoms with Gasteiger partial charge < -0.3 is 15.2 Å². The van der Waals surface area contributed by atoms with E-state index in [-0.39, 0.29) is 23.5 Å². The second-order valence-electron chi connectivity index (χ2n) is 8.15. The minimum Gasteiger partial charge on any atom is -0.394 e. The van der Waals surface area contributed by atoms with Gasteiger partial charge in [0.2, 0.25) is 0 Å². The van der Waals surface area contributed by atoms with E-state index < -0.39 is 0 Å². The largest absolute Gasteiger partial charge is 0.394 e. The molecular formula is C20H34N2O2. The first-order valence-corrected chi connectivity index (χ1v) is 9.01. The molecule has 0 aliphatic carbocycles. The van der Waals surface area contributed by atoms with Crippen LogP contribution in [-0.2, 0) is 11.3 Å². The van der Waals surface area contributed by atoms with Gasteiger partial charge in [0, 0.05) is 38.7 Å². The SMILES string of the molecule is COC(CO)CNCC1(C(C)(C)C)CCN(Cc2ccccc2)C1. The summed E-state index contributed by atoms with van der Waals surface area (Å²) >= 11 is 0. The van der Waals surface area contributed by atoms with Crippen molar-refractivity contribution in [3.05, 3.63) is 35.9 Å². The monoisotopic (exact) mass is 334 g/mol. The van der Waals surface area contributed by atoms with Crippen LogP contribution in [0.25, 0.3) is 0 Å². The summed E-state index contributed by atoms with van der Waals surface area (Å²) in [6, 6.07) is 10.7. The van der Waals surface area contributed by atoms with E-state index >= 15 is 0 Å². The van der Waals surface area contributed by atoms with E-state index in [0.717, 1.165) is 26.2 Å². The average Bonchev–Trinajstić information content (AvgIpc) is 2.97. The van der Waals surface area contributed by atoms with Crippen molar-refractivity contribution in [2.45, 2.75) is 39.8 Å². The molecule has 0 amide bonds. The van der Waals surface area contributed by atoms with Gasteiger partial charge in [-0.05, 0) is 23.9 Å². The highest BCUT2D eigenvalue weighted by Gasteiger charge is 2.46. The van der Waals surface area contributed by atoms with Gasteiger partial charge in [0.15, 0.2) is 0 Å². The zero-order chi connectivity index (χ0) is 17.6. The van der Waals surface area contributed by atoms with Crippen LogP contribution in [0.3, 0.4) is 0 Å². The number of likely N-dealkylation sites (tertiary alicyclic amines) is 1. The van der Waals surface area contributed by atoms with Crippen molar-refractivity contribution in [1.82, 2.24) is 10.2 Å². The smallest absolute Gasteiger partial charge is 0.0925 e. The molecule has 4 heteroatoms. The summed E-state index contributed by atoms with van der Waals surface area (Å²) in [4.78, 5) is 2.57. The van der Waals surface area contributed by atoms with Crippen molar-refractivity contribution in [3.63, 3.8) is 0 Å². The van der Waals surface area contributed by atoms with Crippen LogP contribution >= 0.6 is 0 Å². The van der Waals surface area contributed by atoms with E-state index in [0.29, 0.717) is 6.54 Å². The lowest BCUT2D eigenvalue weighted by atomic mass is 9.66. The summed E-state index contributed by atoms with van der Waals surface area (Å²) in [5, 5.41) is 12.8. The number of benzene rings is 1. The van der Waals surface area contributed by atoms with Crippen LogP contribution in [-0.4, -0.2) is 56.0 Å². The maximum Gasteiger partial charge on any atom is 0.0925 e. The van der Waals surface area contributed by atoms with E-state index in [4.69, 9.17) is 4.74 Å². The van der Waals surface area contributed by atoms with E-state index in [1.165, 1.54) is 12.0 Å². The van der Waals surface area contributed by atoms with E-state index in [9.17, 15) is 5.11 Å². The third-order valence-corrected chi connectivity index (χ3v) is 5.65. The molecule has 2 N–H and O–H groups in total. The summed E-state index contributed by atoms with van der Waals surface area (Å²) in [5.41, 5.74) is 1.86. The number of nitrogens with zero attached hydrogens (tertiary/aromatic N) is 1. The van der Waals surface area contributed by atoms with Crippen molar-refractivity contribution in [1.29, 1.82) is 0 Å². The van der Waals surface area contributed by atoms with Crippen LogP contribution in [0.15, 0.2) is 30.3 Å². The molecule has 1 fully saturated rings. The minimum absolute atomic E-state index is 0.0617. The Balaban J connectivity index is 1.97. The lowest BCUT2D eigenvalue weighted by molar-refractivity contribution is 0.0395. The van der Waals surface area contributed by atoms with Gasteiger partial charge in [-0.25, -0.2) is 0 Å². The summed E-state index contributed by atoms with van der Waals surface area (Å²) in [6.45, 7) is 12.0. The molecule has 0 aromatic heterocycles. The molecule has 2 unspecified atom stereocenters.